The molecule has 1 aromatic rings. The van der Waals surface area contributed by atoms with Gasteiger partial charge in [-0.3, -0.25) is 0 Å². The van der Waals surface area contributed by atoms with Crippen molar-refractivity contribution in [1.29, 1.82) is 0 Å². The molecular formula is C16H26ClNO2. The van der Waals surface area contributed by atoms with Gasteiger partial charge in [0.15, 0.2) is 11.5 Å². The Balaban J connectivity index is 2.82. The normalized spacial score (nSPS) is 12.6. The molecule has 20 heavy (non-hydrogen) atoms. The molecule has 0 unspecified atom stereocenters. The van der Waals surface area contributed by atoms with Crippen molar-refractivity contribution in [1.82, 2.24) is 5.32 Å². The fraction of sp³-hybridized carbons (Fsp3) is 0.625. The van der Waals surface area contributed by atoms with Gasteiger partial charge in [0.1, 0.15) is 0 Å². The van der Waals surface area contributed by atoms with Crippen LogP contribution in [0.25, 0.3) is 0 Å². The molecule has 0 aliphatic carbocycles. The molecule has 0 bridgehead atoms. The van der Waals surface area contributed by atoms with Gasteiger partial charge in [-0.25, -0.2) is 0 Å². The van der Waals surface area contributed by atoms with Gasteiger partial charge in [-0.05, 0) is 31.7 Å². The standard InChI is InChI=1S/C16H26ClNO2/c1-15(2,3)10-16(4,5)18-9-11-7-12(17)8-13(20-6)14(11)19/h7-8,18-19H,9-10H2,1-6H3. The predicted octanol–water partition coefficient (Wildman–Crippen LogP) is 4.36. The van der Waals surface area contributed by atoms with E-state index in [-0.39, 0.29) is 16.7 Å². The van der Waals surface area contributed by atoms with Crippen molar-refractivity contribution in [2.45, 2.75) is 53.1 Å². The first-order valence-corrected chi connectivity index (χ1v) is 7.22. The van der Waals surface area contributed by atoms with Crippen molar-refractivity contribution in [3.63, 3.8) is 0 Å². The first-order chi connectivity index (χ1) is 9.04. The first-order valence-electron chi connectivity index (χ1n) is 6.84. The van der Waals surface area contributed by atoms with E-state index in [9.17, 15) is 5.11 Å². The minimum Gasteiger partial charge on any atom is -0.504 e. The number of phenolic OH excluding ortho intramolecular Hbond substituents is 1. The summed E-state index contributed by atoms with van der Waals surface area (Å²) in [5, 5.41) is 14.2. The van der Waals surface area contributed by atoms with Crippen LogP contribution in [0.4, 0.5) is 0 Å². The quantitative estimate of drug-likeness (QED) is 0.849. The highest BCUT2D eigenvalue weighted by atomic mass is 35.5. The second-order valence-corrected chi connectivity index (χ2v) is 7.53. The summed E-state index contributed by atoms with van der Waals surface area (Å²) in [6.07, 6.45) is 1.03. The monoisotopic (exact) mass is 299 g/mol. The number of halogens is 1. The minimum absolute atomic E-state index is 0.0275. The largest absolute Gasteiger partial charge is 0.504 e. The third-order valence-corrected chi connectivity index (χ3v) is 3.29. The average Bonchev–Trinajstić information content (AvgIpc) is 2.26. The molecule has 1 rings (SSSR count). The van der Waals surface area contributed by atoms with Gasteiger partial charge in [0.05, 0.1) is 7.11 Å². The Labute approximate surface area is 127 Å². The second-order valence-electron chi connectivity index (χ2n) is 7.09. The molecule has 4 heteroatoms. The summed E-state index contributed by atoms with van der Waals surface area (Å²) in [6, 6.07) is 3.38. The molecule has 114 valence electrons. The molecule has 0 saturated carbocycles. The van der Waals surface area contributed by atoms with Gasteiger partial charge in [0, 0.05) is 28.7 Å². The van der Waals surface area contributed by atoms with E-state index in [1.54, 1.807) is 12.1 Å². The van der Waals surface area contributed by atoms with Crippen LogP contribution in [0.15, 0.2) is 12.1 Å². The molecule has 0 saturated heterocycles. The summed E-state index contributed by atoms with van der Waals surface area (Å²) in [4.78, 5) is 0. The molecule has 0 atom stereocenters. The van der Waals surface area contributed by atoms with E-state index >= 15 is 0 Å². The van der Waals surface area contributed by atoms with E-state index in [2.05, 4.69) is 39.9 Å². The number of nitrogens with one attached hydrogen (secondary N) is 1. The van der Waals surface area contributed by atoms with Crippen molar-refractivity contribution in [2.75, 3.05) is 7.11 Å². The molecule has 0 heterocycles. The highest BCUT2D eigenvalue weighted by Gasteiger charge is 2.25. The lowest BCUT2D eigenvalue weighted by molar-refractivity contribution is 0.240. The van der Waals surface area contributed by atoms with Crippen LogP contribution in [0.1, 0.15) is 46.6 Å². The lowest BCUT2D eigenvalue weighted by Crippen LogP contribution is -2.41. The van der Waals surface area contributed by atoms with Gasteiger partial charge in [-0.15, -0.1) is 0 Å². The molecular weight excluding hydrogens is 274 g/mol. The van der Waals surface area contributed by atoms with Crippen molar-refractivity contribution in [3.05, 3.63) is 22.7 Å². The van der Waals surface area contributed by atoms with Crippen molar-refractivity contribution in [2.24, 2.45) is 5.41 Å². The second kappa shape index (κ2) is 6.23. The van der Waals surface area contributed by atoms with E-state index in [0.717, 1.165) is 12.0 Å². The van der Waals surface area contributed by atoms with Gasteiger partial charge >= 0.3 is 0 Å². The predicted molar refractivity (Wildman–Crippen MR) is 84.7 cm³/mol. The van der Waals surface area contributed by atoms with Gasteiger partial charge in [-0.2, -0.15) is 0 Å². The van der Waals surface area contributed by atoms with E-state index in [4.69, 9.17) is 16.3 Å². The summed E-state index contributed by atoms with van der Waals surface area (Å²) in [6.45, 7) is 11.5. The summed E-state index contributed by atoms with van der Waals surface area (Å²) < 4.78 is 5.12. The Morgan fingerprint density at radius 1 is 1.20 bits per heavy atom. The lowest BCUT2D eigenvalue weighted by atomic mass is 9.82. The lowest BCUT2D eigenvalue weighted by Gasteiger charge is -2.33. The number of aromatic hydroxyl groups is 1. The Kier molecular flexibility index (Phi) is 5.33. The van der Waals surface area contributed by atoms with E-state index in [1.807, 2.05) is 0 Å². The molecule has 0 aromatic heterocycles. The Morgan fingerprint density at radius 3 is 2.30 bits per heavy atom. The molecule has 0 amide bonds. The third-order valence-electron chi connectivity index (χ3n) is 3.07. The molecule has 0 spiro atoms. The zero-order valence-electron chi connectivity index (χ0n) is 13.3. The van der Waals surface area contributed by atoms with E-state index in [0.29, 0.717) is 17.3 Å². The van der Waals surface area contributed by atoms with Gasteiger partial charge in [0.2, 0.25) is 0 Å². The van der Waals surface area contributed by atoms with Crippen LogP contribution in [0.5, 0.6) is 11.5 Å². The fourth-order valence-corrected chi connectivity index (χ4v) is 2.87. The SMILES string of the molecule is COc1cc(Cl)cc(CNC(C)(C)CC(C)(C)C)c1O. The summed E-state index contributed by atoms with van der Waals surface area (Å²) in [5.74, 6) is 0.555. The van der Waals surface area contributed by atoms with Crippen molar-refractivity contribution in [3.8, 4) is 11.5 Å². The van der Waals surface area contributed by atoms with E-state index in [1.165, 1.54) is 7.11 Å². The highest BCUT2D eigenvalue weighted by Crippen LogP contribution is 2.34. The van der Waals surface area contributed by atoms with Crippen LogP contribution < -0.4 is 10.1 Å². The number of hydrogen-bond acceptors (Lipinski definition) is 3. The number of methoxy groups -OCH3 is 1. The Morgan fingerprint density at radius 2 is 1.80 bits per heavy atom. The van der Waals surface area contributed by atoms with Crippen LogP contribution in [0.3, 0.4) is 0 Å². The smallest absolute Gasteiger partial charge is 0.162 e. The summed E-state index contributed by atoms with van der Waals surface area (Å²) >= 11 is 6.04. The van der Waals surface area contributed by atoms with Crippen LogP contribution in [-0.2, 0) is 6.54 Å². The molecule has 1 aromatic carbocycles. The van der Waals surface area contributed by atoms with Gasteiger partial charge in [0.25, 0.3) is 0 Å². The highest BCUT2D eigenvalue weighted by molar-refractivity contribution is 6.30. The summed E-state index contributed by atoms with van der Waals surface area (Å²) in [7, 11) is 1.52. The number of rotatable bonds is 5. The molecule has 3 nitrogen and oxygen atoms in total. The maximum absolute atomic E-state index is 10.1. The zero-order valence-corrected chi connectivity index (χ0v) is 14.1. The first kappa shape index (κ1) is 17.1. The average molecular weight is 300 g/mol. The number of hydrogen-bond donors (Lipinski definition) is 2. The topological polar surface area (TPSA) is 41.5 Å². The number of ether oxygens (including phenoxy) is 1. The Bertz CT molecular complexity index is 464. The Hall–Kier alpha value is -0.930. The van der Waals surface area contributed by atoms with Crippen molar-refractivity contribution >= 4 is 11.6 Å². The molecule has 2 N–H and O–H groups in total. The maximum Gasteiger partial charge on any atom is 0.162 e. The molecule has 0 aliphatic rings. The van der Waals surface area contributed by atoms with Gasteiger partial charge in [-0.1, -0.05) is 32.4 Å². The fourth-order valence-electron chi connectivity index (χ4n) is 2.64. The molecule has 0 aliphatic heterocycles. The van der Waals surface area contributed by atoms with Gasteiger partial charge < -0.3 is 15.2 Å². The molecule has 0 fully saturated rings. The number of phenols is 1. The molecule has 0 radical (unpaired) electrons. The van der Waals surface area contributed by atoms with Crippen LogP contribution >= 0.6 is 11.6 Å². The maximum atomic E-state index is 10.1. The van der Waals surface area contributed by atoms with E-state index < -0.39 is 0 Å². The summed E-state index contributed by atoms with van der Waals surface area (Å²) in [5.41, 5.74) is 0.960. The van der Waals surface area contributed by atoms with Crippen LogP contribution in [0, 0.1) is 5.41 Å². The van der Waals surface area contributed by atoms with Crippen LogP contribution in [-0.4, -0.2) is 17.8 Å². The van der Waals surface area contributed by atoms with Crippen LogP contribution in [0.2, 0.25) is 5.02 Å². The minimum atomic E-state index is -0.0275. The third kappa shape index (κ3) is 5.22. The number of benzene rings is 1. The zero-order chi connectivity index (χ0) is 15.6. The van der Waals surface area contributed by atoms with Crippen molar-refractivity contribution < 1.29 is 9.84 Å².